The van der Waals surface area contributed by atoms with Gasteiger partial charge in [-0.1, -0.05) is 13.3 Å². The Hall–Kier alpha value is -0.960. The summed E-state index contributed by atoms with van der Waals surface area (Å²) >= 11 is 0. The van der Waals surface area contributed by atoms with Gasteiger partial charge in [0.05, 0.1) is 19.3 Å². The fourth-order valence-corrected chi connectivity index (χ4v) is 4.04. The van der Waals surface area contributed by atoms with Crippen molar-refractivity contribution in [2.45, 2.75) is 88.0 Å². The van der Waals surface area contributed by atoms with E-state index < -0.39 is 92.7 Å². The van der Waals surface area contributed by atoms with Crippen molar-refractivity contribution in [3.63, 3.8) is 0 Å². The zero-order valence-electron chi connectivity index (χ0n) is 17.5. The van der Waals surface area contributed by atoms with E-state index in [9.17, 15) is 57.8 Å². The summed E-state index contributed by atoms with van der Waals surface area (Å²) in [6.07, 6.45) is -30.3. The smallest absolute Gasteiger partial charge is 0.376 e. The summed E-state index contributed by atoms with van der Waals surface area (Å²) in [6.45, 7) is 1.09. The predicted octanol–water partition coefficient (Wildman–Crippen LogP) is 6.34. The Labute approximate surface area is 181 Å². The Bertz CT molecular complexity index is 595. The zero-order chi connectivity index (χ0) is 26.1. The third-order valence-corrected chi connectivity index (χ3v) is 5.94. The molecule has 15 heteroatoms. The minimum absolute atomic E-state index is 0.363. The summed E-state index contributed by atoms with van der Waals surface area (Å²) in [4.78, 5) is 0. The lowest BCUT2D eigenvalue weighted by atomic mass is 9.66. The molecule has 198 valence electrons. The summed E-state index contributed by atoms with van der Waals surface area (Å²) in [6, 6.07) is 0. The summed E-state index contributed by atoms with van der Waals surface area (Å²) in [5.41, 5.74) is -10.5. The first-order valence-corrected chi connectivity index (χ1v) is 9.91. The molecule has 0 aliphatic heterocycles. The van der Waals surface area contributed by atoms with E-state index in [-0.39, 0.29) is 0 Å². The van der Waals surface area contributed by atoms with Crippen LogP contribution in [0.25, 0.3) is 0 Å². The van der Waals surface area contributed by atoms with E-state index in [0.717, 1.165) is 0 Å². The summed E-state index contributed by atoms with van der Waals surface area (Å²) in [7, 11) is 0. The number of rotatable bonds is 8. The summed E-state index contributed by atoms with van der Waals surface area (Å²) in [5.74, 6) is -5.86. The standard InChI is InChI=1S/C18H24F12O3/c1-3-10(2)32-7-8-33-14(17(25,26)27,18(28,29)30)12-6-4-5-11(9-12)13(31,15(19,20)21)16(22,23)24/h10-12,31H,3-9H2,1-2H3. The van der Waals surface area contributed by atoms with Gasteiger partial charge >= 0.3 is 24.7 Å². The van der Waals surface area contributed by atoms with Crippen LogP contribution < -0.4 is 0 Å². The molecule has 1 aliphatic rings. The van der Waals surface area contributed by atoms with Crippen LogP contribution in [0.1, 0.15) is 46.0 Å². The molecule has 0 saturated heterocycles. The van der Waals surface area contributed by atoms with E-state index in [1.54, 1.807) is 6.92 Å². The van der Waals surface area contributed by atoms with E-state index in [2.05, 4.69) is 4.74 Å². The first-order chi connectivity index (χ1) is 14.7. The first-order valence-electron chi connectivity index (χ1n) is 9.91. The molecule has 0 spiro atoms. The highest BCUT2D eigenvalue weighted by atomic mass is 19.4. The highest BCUT2D eigenvalue weighted by Crippen LogP contribution is 2.58. The SMILES string of the molecule is CCC(C)OCCOC(C1CCCC(C(O)(C(F)(F)F)C(F)(F)F)C1)(C(F)(F)F)C(F)(F)F. The third kappa shape index (κ3) is 5.82. The largest absolute Gasteiger partial charge is 0.426 e. The predicted molar refractivity (Wildman–Crippen MR) is 89.0 cm³/mol. The lowest BCUT2D eigenvalue weighted by molar-refractivity contribution is -0.411. The van der Waals surface area contributed by atoms with Gasteiger partial charge in [0.1, 0.15) is 0 Å². The van der Waals surface area contributed by atoms with Gasteiger partial charge in [-0.05, 0) is 32.6 Å². The molecule has 1 aliphatic carbocycles. The molecule has 1 saturated carbocycles. The van der Waals surface area contributed by atoms with Crippen molar-refractivity contribution in [2.24, 2.45) is 11.8 Å². The number of ether oxygens (including phenoxy) is 2. The Kier molecular flexibility index (Phi) is 9.07. The molecule has 33 heavy (non-hydrogen) atoms. The average molecular weight is 516 g/mol. The Morgan fingerprint density at radius 3 is 1.61 bits per heavy atom. The van der Waals surface area contributed by atoms with Crippen molar-refractivity contribution in [3.8, 4) is 0 Å². The molecule has 1 rings (SSSR count). The van der Waals surface area contributed by atoms with Crippen LogP contribution in [-0.2, 0) is 9.47 Å². The molecular weight excluding hydrogens is 492 g/mol. The maximum absolute atomic E-state index is 13.8. The number of hydrogen-bond acceptors (Lipinski definition) is 3. The van der Waals surface area contributed by atoms with Gasteiger partial charge in [0.25, 0.3) is 11.2 Å². The van der Waals surface area contributed by atoms with E-state index in [1.165, 1.54) is 6.92 Å². The van der Waals surface area contributed by atoms with Gasteiger partial charge in [0, 0.05) is 11.8 Å². The fraction of sp³-hybridized carbons (Fsp3) is 1.00. The van der Waals surface area contributed by atoms with Crippen molar-refractivity contribution in [1.29, 1.82) is 0 Å². The van der Waals surface area contributed by atoms with Crippen molar-refractivity contribution in [2.75, 3.05) is 13.2 Å². The van der Waals surface area contributed by atoms with E-state index in [4.69, 9.17) is 4.74 Å². The second-order valence-electron chi connectivity index (χ2n) is 7.99. The highest BCUT2D eigenvalue weighted by molar-refractivity contribution is 5.07. The van der Waals surface area contributed by atoms with Gasteiger partial charge in [0.15, 0.2) is 0 Å². The summed E-state index contributed by atoms with van der Waals surface area (Å²) in [5, 5.41) is 9.53. The quantitative estimate of drug-likeness (QED) is 0.302. The zero-order valence-corrected chi connectivity index (χ0v) is 17.5. The maximum Gasteiger partial charge on any atom is 0.426 e. The molecule has 3 nitrogen and oxygen atoms in total. The minimum atomic E-state index is -6.39. The molecule has 0 radical (unpaired) electrons. The molecular formula is C18H24F12O3. The minimum Gasteiger partial charge on any atom is -0.376 e. The van der Waals surface area contributed by atoms with Gasteiger partial charge < -0.3 is 14.6 Å². The Morgan fingerprint density at radius 1 is 0.758 bits per heavy atom. The van der Waals surface area contributed by atoms with E-state index in [0.29, 0.717) is 6.42 Å². The van der Waals surface area contributed by atoms with Crippen LogP contribution in [0, 0.1) is 11.8 Å². The van der Waals surface area contributed by atoms with Crippen molar-refractivity contribution >= 4 is 0 Å². The van der Waals surface area contributed by atoms with Gasteiger partial charge in [0.2, 0.25) is 0 Å². The van der Waals surface area contributed by atoms with Crippen LogP contribution >= 0.6 is 0 Å². The summed E-state index contributed by atoms with van der Waals surface area (Å²) < 4.78 is 171. The second-order valence-corrected chi connectivity index (χ2v) is 7.99. The van der Waals surface area contributed by atoms with Gasteiger partial charge in [-0.25, -0.2) is 0 Å². The molecule has 3 unspecified atom stereocenters. The highest BCUT2D eigenvalue weighted by Gasteiger charge is 2.78. The van der Waals surface area contributed by atoms with Crippen LogP contribution in [0.15, 0.2) is 0 Å². The number of alkyl halides is 12. The molecule has 0 aromatic carbocycles. The average Bonchev–Trinajstić information content (AvgIpc) is 2.63. The molecule has 0 bridgehead atoms. The molecule has 0 aromatic heterocycles. The number of aliphatic hydroxyl groups is 1. The number of hydrogen-bond donors (Lipinski definition) is 1. The maximum atomic E-state index is 13.8. The van der Waals surface area contributed by atoms with E-state index in [1.807, 2.05) is 0 Å². The van der Waals surface area contributed by atoms with Crippen LogP contribution in [0.2, 0.25) is 0 Å². The molecule has 1 N–H and O–H groups in total. The Balaban J connectivity index is 3.41. The lowest BCUT2D eigenvalue weighted by Gasteiger charge is -2.48. The molecule has 0 heterocycles. The Morgan fingerprint density at radius 2 is 1.21 bits per heavy atom. The first kappa shape index (κ1) is 30.1. The van der Waals surface area contributed by atoms with E-state index >= 15 is 0 Å². The van der Waals surface area contributed by atoms with Crippen LogP contribution in [0.4, 0.5) is 52.7 Å². The second kappa shape index (κ2) is 9.96. The lowest BCUT2D eigenvalue weighted by Crippen LogP contribution is -2.67. The third-order valence-electron chi connectivity index (χ3n) is 5.94. The van der Waals surface area contributed by atoms with Crippen LogP contribution in [0.3, 0.4) is 0 Å². The molecule has 0 amide bonds. The molecule has 1 fully saturated rings. The molecule has 3 atom stereocenters. The topological polar surface area (TPSA) is 38.7 Å². The fourth-order valence-electron chi connectivity index (χ4n) is 4.04. The van der Waals surface area contributed by atoms with Crippen LogP contribution in [0.5, 0.6) is 0 Å². The molecule has 0 aromatic rings. The number of halogens is 12. The van der Waals surface area contributed by atoms with Gasteiger partial charge in [-0.15, -0.1) is 0 Å². The van der Waals surface area contributed by atoms with Gasteiger partial charge in [-0.3, -0.25) is 0 Å². The van der Waals surface area contributed by atoms with Crippen molar-refractivity contribution in [3.05, 3.63) is 0 Å². The van der Waals surface area contributed by atoms with Crippen molar-refractivity contribution in [1.82, 2.24) is 0 Å². The monoisotopic (exact) mass is 516 g/mol. The van der Waals surface area contributed by atoms with Crippen molar-refractivity contribution < 1.29 is 67.3 Å². The van der Waals surface area contributed by atoms with Gasteiger partial charge in [-0.2, -0.15) is 52.7 Å². The normalized spacial score (nSPS) is 23.0. The van der Waals surface area contributed by atoms with Crippen LogP contribution in [-0.4, -0.2) is 60.3 Å².